The van der Waals surface area contributed by atoms with Gasteiger partial charge < -0.3 is 0 Å². The van der Waals surface area contributed by atoms with E-state index in [1.165, 1.54) is 0 Å². The fourth-order valence-electron chi connectivity index (χ4n) is 2.98. The molecule has 3 nitrogen and oxygen atoms in total. The van der Waals surface area contributed by atoms with E-state index in [0.29, 0.717) is 11.3 Å². The quantitative estimate of drug-likeness (QED) is 0.489. The van der Waals surface area contributed by atoms with Gasteiger partial charge >= 0.3 is 0 Å². The highest BCUT2D eigenvalue weighted by atomic mass is 14.8. The summed E-state index contributed by atoms with van der Waals surface area (Å²) in [7, 11) is 0. The molecule has 0 bridgehead atoms. The van der Waals surface area contributed by atoms with Crippen LogP contribution in [0.5, 0.6) is 0 Å². The second-order valence-corrected chi connectivity index (χ2v) is 5.84. The molecule has 0 saturated heterocycles. The van der Waals surface area contributed by atoms with Crippen molar-refractivity contribution in [1.29, 1.82) is 5.26 Å². The molecule has 0 saturated carbocycles. The summed E-state index contributed by atoms with van der Waals surface area (Å²) < 4.78 is 0. The molecule has 0 fully saturated rings. The summed E-state index contributed by atoms with van der Waals surface area (Å²) in [4.78, 5) is 9.15. The van der Waals surface area contributed by atoms with Crippen LogP contribution < -0.4 is 0 Å². The normalized spacial score (nSPS) is 10.3. The first-order chi connectivity index (χ1) is 12.9. The van der Waals surface area contributed by atoms with Gasteiger partial charge in [-0.15, -0.1) is 0 Å². The minimum absolute atomic E-state index is 0.514. The van der Waals surface area contributed by atoms with E-state index in [1.54, 1.807) is 6.20 Å². The van der Waals surface area contributed by atoms with Gasteiger partial charge in [0.15, 0.2) is 0 Å². The predicted molar refractivity (Wildman–Crippen MR) is 104 cm³/mol. The molecule has 0 atom stereocenters. The zero-order chi connectivity index (χ0) is 17.8. The molecule has 0 aliphatic carbocycles. The average Bonchev–Trinajstić information content (AvgIpc) is 2.73. The first-order valence-electron chi connectivity index (χ1n) is 8.34. The maximum atomic E-state index is 9.97. The van der Waals surface area contributed by atoms with Crippen molar-refractivity contribution >= 4 is 22.2 Å². The van der Waals surface area contributed by atoms with E-state index in [9.17, 15) is 5.26 Å². The molecule has 3 aromatic carbocycles. The number of aromatic nitrogens is 2. The summed E-state index contributed by atoms with van der Waals surface area (Å²) in [6.45, 7) is 0. The highest BCUT2D eigenvalue weighted by molar-refractivity contribution is 6.03. The third-order valence-corrected chi connectivity index (χ3v) is 4.19. The summed E-state index contributed by atoms with van der Waals surface area (Å²) in [6, 6.07) is 29.9. The smallest absolute Gasteiger partial charge is 0.102 e. The lowest BCUT2D eigenvalue weighted by Gasteiger charge is -2.12. The van der Waals surface area contributed by atoms with E-state index in [4.69, 9.17) is 0 Å². The lowest BCUT2D eigenvalue weighted by molar-refractivity contribution is 1.25. The van der Waals surface area contributed by atoms with Crippen LogP contribution in [-0.2, 0) is 0 Å². The van der Waals surface area contributed by atoms with E-state index < -0.39 is 0 Å². The molecule has 0 aliphatic rings. The van der Waals surface area contributed by atoms with E-state index in [-0.39, 0.29) is 0 Å². The fraction of sp³-hybridized carbons (Fsp3) is 0. The number of allylic oxidation sites excluding steroid dienone is 1. The third-order valence-electron chi connectivity index (χ3n) is 4.19. The van der Waals surface area contributed by atoms with Gasteiger partial charge in [-0.25, -0.2) is 4.98 Å². The Morgan fingerprint density at radius 3 is 1.81 bits per heavy atom. The van der Waals surface area contributed by atoms with Crippen molar-refractivity contribution < 1.29 is 0 Å². The van der Waals surface area contributed by atoms with E-state index >= 15 is 0 Å². The van der Waals surface area contributed by atoms with Crippen LogP contribution in [0.25, 0.3) is 22.2 Å². The molecule has 0 amide bonds. The van der Waals surface area contributed by atoms with Gasteiger partial charge in [0, 0.05) is 5.57 Å². The predicted octanol–water partition coefficient (Wildman–Crippen LogP) is 5.11. The Bertz CT molecular complexity index is 1080. The summed E-state index contributed by atoms with van der Waals surface area (Å²) in [5, 5.41) is 9.97. The van der Waals surface area contributed by atoms with Gasteiger partial charge in [0.2, 0.25) is 0 Å². The van der Waals surface area contributed by atoms with E-state index in [0.717, 1.165) is 27.7 Å². The molecule has 0 aliphatic heterocycles. The van der Waals surface area contributed by atoms with Crippen molar-refractivity contribution in [2.24, 2.45) is 0 Å². The molecule has 122 valence electrons. The van der Waals surface area contributed by atoms with Crippen molar-refractivity contribution in [1.82, 2.24) is 9.97 Å². The van der Waals surface area contributed by atoms with Crippen molar-refractivity contribution in [3.05, 3.63) is 108 Å². The molecule has 1 aromatic heterocycles. The van der Waals surface area contributed by atoms with Crippen LogP contribution in [-0.4, -0.2) is 9.97 Å². The molecule has 0 unspecified atom stereocenters. The van der Waals surface area contributed by atoms with Crippen LogP contribution in [0.2, 0.25) is 0 Å². The highest BCUT2D eigenvalue weighted by Gasteiger charge is 2.15. The van der Waals surface area contributed by atoms with E-state index in [1.807, 2.05) is 84.9 Å². The molecule has 4 rings (SSSR count). The Hall–Kier alpha value is -3.77. The Balaban J connectivity index is 2.00. The lowest BCUT2D eigenvalue weighted by Crippen LogP contribution is -1.97. The van der Waals surface area contributed by atoms with Gasteiger partial charge in [0.25, 0.3) is 0 Å². The average molecular weight is 333 g/mol. The van der Waals surface area contributed by atoms with Crippen molar-refractivity contribution in [2.45, 2.75) is 0 Å². The monoisotopic (exact) mass is 333 g/mol. The zero-order valence-electron chi connectivity index (χ0n) is 14.0. The van der Waals surface area contributed by atoms with Gasteiger partial charge in [-0.1, -0.05) is 72.8 Å². The van der Waals surface area contributed by atoms with Crippen molar-refractivity contribution in [3.63, 3.8) is 0 Å². The lowest BCUT2D eigenvalue weighted by atomic mass is 9.92. The highest BCUT2D eigenvalue weighted by Crippen LogP contribution is 2.31. The Kier molecular flexibility index (Phi) is 4.24. The Morgan fingerprint density at radius 1 is 0.692 bits per heavy atom. The standard InChI is InChI=1S/C23H15N3/c24-15-19(22-16-25-20-13-7-8-14-21(20)26-22)23(17-9-3-1-4-10-17)18-11-5-2-6-12-18/h1-14,16H. The molecule has 4 aromatic rings. The zero-order valence-corrected chi connectivity index (χ0v) is 14.0. The fourth-order valence-corrected chi connectivity index (χ4v) is 2.98. The number of fused-ring (bicyclic) bond motifs is 1. The largest absolute Gasteiger partial charge is 0.252 e. The molecule has 0 spiro atoms. The van der Waals surface area contributed by atoms with Crippen molar-refractivity contribution in [3.8, 4) is 6.07 Å². The summed E-state index contributed by atoms with van der Waals surface area (Å²) in [5.41, 5.74) is 5.50. The molecule has 0 N–H and O–H groups in total. The van der Waals surface area contributed by atoms with Gasteiger partial charge in [0.1, 0.15) is 11.8 Å². The summed E-state index contributed by atoms with van der Waals surface area (Å²) >= 11 is 0. The molecular formula is C23H15N3. The number of hydrogen-bond donors (Lipinski definition) is 0. The number of para-hydroxylation sites is 2. The molecule has 26 heavy (non-hydrogen) atoms. The van der Waals surface area contributed by atoms with Gasteiger partial charge in [-0.3, -0.25) is 4.98 Å². The minimum Gasteiger partial charge on any atom is -0.252 e. The second-order valence-electron chi connectivity index (χ2n) is 5.84. The van der Waals surface area contributed by atoms with Crippen LogP contribution in [0.3, 0.4) is 0 Å². The topological polar surface area (TPSA) is 49.6 Å². The number of nitrogens with zero attached hydrogens (tertiary/aromatic N) is 3. The van der Waals surface area contributed by atoms with Gasteiger partial charge in [-0.2, -0.15) is 5.26 Å². The third kappa shape index (κ3) is 2.97. The molecule has 1 heterocycles. The SMILES string of the molecule is N#CC(=C(c1ccccc1)c1ccccc1)c1cnc2ccccc2n1. The number of hydrogen-bond acceptors (Lipinski definition) is 3. The first kappa shape index (κ1) is 15.7. The van der Waals surface area contributed by atoms with Gasteiger partial charge in [0.05, 0.1) is 22.8 Å². The van der Waals surface area contributed by atoms with Gasteiger partial charge in [-0.05, 0) is 23.3 Å². The van der Waals surface area contributed by atoms with E-state index in [2.05, 4.69) is 16.0 Å². The maximum absolute atomic E-state index is 9.97. The second kappa shape index (κ2) is 7.00. The number of benzene rings is 3. The Labute approximate surface area is 151 Å². The van der Waals surface area contributed by atoms with Crippen LogP contribution in [0, 0.1) is 11.3 Å². The number of rotatable bonds is 3. The van der Waals surface area contributed by atoms with Crippen LogP contribution in [0.1, 0.15) is 16.8 Å². The summed E-state index contributed by atoms with van der Waals surface area (Å²) in [6.07, 6.45) is 1.67. The van der Waals surface area contributed by atoms with Crippen LogP contribution >= 0.6 is 0 Å². The number of nitriles is 1. The summed E-state index contributed by atoms with van der Waals surface area (Å²) in [5.74, 6) is 0. The molecule has 0 radical (unpaired) electrons. The van der Waals surface area contributed by atoms with Crippen LogP contribution in [0.4, 0.5) is 0 Å². The molecular weight excluding hydrogens is 318 g/mol. The first-order valence-corrected chi connectivity index (χ1v) is 8.34. The van der Waals surface area contributed by atoms with Crippen molar-refractivity contribution in [2.75, 3.05) is 0 Å². The molecule has 3 heteroatoms. The van der Waals surface area contributed by atoms with Crippen LogP contribution in [0.15, 0.2) is 91.1 Å². The maximum Gasteiger partial charge on any atom is 0.102 e. The Morgan fingerprint density at radius 2 is 1.23 bits per heavy atom. The minimum atomic E-state index is 0.514.